The van der Waals surface area contributed by atoms with E-state index in [1.807, 2.05) is 13.1 Å². The van der Waals surface area contributed by atoms with Crippen LogP contribution in [0.3, 0.4) is 0 Å². The number of nitrogens with one attached hydrogen (secondary N) is 1. The highest BCUT2D eigenvalue weighted by atomic mass is 32.2. The summed E-state index contributed by atoms with van der Waals surface area (Å²) in [5.74, 6) is 0.719. The average molecular weight is 662 g/mol. The molecule has 4 heterocycles. The normalized spacial score (nSPS) is 19.6. The van der Waals surface area contributed by atoms with Crippen LogP contribution in [0.4, 0.5) is 10.6 Å². The van der Waals surface area contributed by atoms with Gasteiger partial charge < -0.3 is 10.6 Å². The van der Waals surface area contributed by atoms with Crippen LogP contribution in [-0.4, -0.2) is 93.1 Å². The first-order valence-electron chi connectivity index (χ1n) is 15.9. The van der Waals surface area contributed by atoms with Crippen LogP contribution in [-0.2, 0) is 27.9 Å². The van der Waals surface area contributed by atoms with E-state index in [2.05, 4.69) is 40.1 Å². The highest BCUT2D eigenvalue weighted by molar-refractivity contribution is 7.89. The highest BCUT2D eigenvalue weighted by Gasteiger charge is 2.31. The predicted molar refractivity (Wildman–Crippen MR) is 177 cm³/mol. The molecule has 3 amide bonds. The molecule has 0 aliphatic carbocycles. The summed E-state index contributed by atoms with van der Waals surface area (Å²) in [5, 5.41) is 17.7. The molecule has 2 aromatic carbocycles. The van der Waals surface area contributed by atoms with E-state index in [4.69, 9.17) is 5.73 Å². The topological polar surface area (TPSA) is 158 Å². The molecule has 46 heavy (non-hydrogen) atoms. The number of anilines is 1. The Hall–Kier alpha value is -3.61. The number of sulfonamides is 1. The number of urea groups is 1. The lowest BCUT2D eigenvalue weighted by Gasteiger charge is -2.33. The van der Waals surface area contributed by atoms with Gasteiger partial charge in [-0.2, -0.15) is 14.7 Å². The number of likely N-dealkylation sites (tertiary alicyclic amines) is 1. The molecule has 14 heteroatoms. The van der Waals surface area contributed by atoms with Gasteiger partial charge in [-0.05, 0) is 98.4 Å². The Balaban J connectivity index is 1.07. The molecule has 0 unspecified atom stereocenters. The largest absolute Gasteiger partial charge is 0.329 e. The summed E-state index contributed by atoms with van der Waals surface area (Å²) in [7, 11) is -2.66. The SMILES string of the molecule is Cn1nc(N2CCC(=O)NC2=O)c2ccc(C3CCN(C[Si](C)Cc4cc(S(=O)(=O)N5CCC(N)CC5)ccc4C#N)CC3)cc21. The molecule has 3 N–H and O–H groups in total. The van der Waals surface area contributed by atoms with Gasteiger partial charge in [0.15, 0.2) is 5.82 Å². The number of aryl methyl sites for hydroxylation is 1. The van der Waals surface area contributed by atoms with Gasteiger partial charge in [-0.15, -0.1) is 0 Å². The van der Waals surface area contributed by atoms with Crippen LogP contribution in [0.25, 0.3) is 10.9 Å². The molecule has 1 aromatic heterocycles. The van der Waals surface area contributed by atoms with Crippen molar-refractivity contribution in [2.45, 2.75) is 61.6 Å². The molecular weight excluding hydrogens is 621 g/mol. The predicted octanol–water partition coefficient (Wildman–Crippen LogP) is 2.63. The standard InChI is InChI=1S/C32H41N8O4SSi/c1-37-29-18-23(4-6-28(29)31(36-37)40-16-11-30(41)35-32(40)42)22-7-12-38(13-8-22)21-46(2)20-25-17-27(5-3-24(25)19-33)45(43,44)39-14-9-26(34)10-15-39/h3-6,17-18,22,26H,7-16,20-21,34H2,1-2H3,(H,35,41,42). The van der Waals surface area contributed by atoms with Crippen molar-refractivity contribution in [1.82, 2.24) is 24.3 Å². The number of benzene rings is 2. The number of carbonyl (C=O) groups is 2. The van der Waals surface area contributed by atoms with Crippen LogP contribution in [0, 0.1) is 11.3 Å². The van der Waals surface area contributed by atoms with Gasteiger partial charge in [-0.3, -0.25) is 19.7 Å². The molecule has 3 aromatic rings. The van der Waals surface area contributed by atoms with E-state index < -0.39 is 24.9 Å². The number of fused-ring (bicyclic) bond motifs is 1. The molecule has 0 saturated carbocycles. The zero-order chi connectivity index (χ0) is 32.6. The Morgan fingerprint density at radius 1 is 1.04 bits per heavy atom. The number of carbonyl (C=O) groups excluding carboxylic acids is 2. The molecule has 12 nitrogen and oxygen atoms in total. The van der Waals surface area contributed by atoms with Crippen molar-refractivity contribution in [2.24, 2.45) is 12.8 Å². The van der Waals surface area contributed by atoms with Gasteiger partial charge in [0.1, 0.15) is 0 Å². The van der Waals surface area contributed by atoms with Gasteiger partial charge >= 0.3 is 6.03 Å². The van der Waals surface area contributed by atoms with Crippen molar-refractivity contribution in [3.05, 3.63) is 53.1 Å². The third kappa shape index (κ3) is 6.61. The lowest BCUT2D eigenvalue weighted by molar-refractivity contribution is -0.120. The Morgan fingerprint density at radius 3 is 2.48 bits per heavy atom. The van der Waals surface area contributed by atoms with Gasteiger partial charge in [0.2, 0.25) is 15.9 Å². The van der Waals surface area contributed by atoms with Crippen LogP contribution in [0.2, 0.25) is 6.55 Å². The molecule has 3 saturated heterocycles. The van der Waals surface area contributed by atoms with Crippen molar-refractivity contribution in [1.29, 1.82) is 5.26 Å². The summed E-state index contributed by atoms with van der Waals surface area (Å²) in [6.45, 7) is 5.37. The number of hydrogen-bond donors (Lipinski definition) is 2. The second-order valence-corrected chi connectivity index (χ2v) is 17.4. The number of nitrogens with two attached hydrogens (primary N) is 1. The molecule has 0 bridgehead atoms. The molecule has 1 radical (unpaired) electrons. The minimum absolute atomic E-state index is 0.0430. The highest BCUT2D eigenvalue weighted by Crippen LogP contribution is 2.34. The summed E-state index contributed by atoms with van der Waals surface area (Å²) < 4.78 is 30.0. The molecular formula is C32H41N8O4SSi. The van der Waals surface area contributed by atoms with E-state index in [-0.39, 0.29) is 23.3 Å². The van der Waals surface area contributed by atoms with Crippen LogP contribution in [0.1, 0.15) is 54.7 Å². The maximum atomic E-state index is 13.4. The summed E-state index contributed by atoms with van der Waals surface area (Å²) in [6, 6.07) is 13.9. The van der Waals surface area contributed by atoms with Gasteiger partial charge in [0.25, 0.3) is 0 Å². The fourth-order valence-corrected chi connectivity index (χ4v) is 10.6. The van der Waals surface area contributed by atoms with E-state index in [9.17, 15) is 23.3 Å². The Kier molecular flexibility index (Phi) is 9.31. The molecule has 3 aliphatic heterocycles. The Bertz CT molecular complexity index is 1790. The summed E-state index contributed by atoms with van der Waals surface area (Å²) in [5.41, 5.74) is 9.57. The molecule has 0 atom stereocenters. The summed E-state index contributed by atoms with van der Waals surface area (Å²) in [6.07, 6.45) is 4.58. The van der Waals surface area contributed by atoms with Crippen molar-refractivity contribution in [2.75, 3.05) is 43.8 Å². The zero-order valence-electron chi connectivity index (χ0n) is 26.4. The number of nitriles is 1. The van der Waals surface area contributed by atoms with E-state index in [1.54, 1.807) is 22.9 Å². The van der Waals surface area contributed by atoms with Gasteiger partial charge in [0.05, 0.1) is 30.8 Å². The number of aromatic nitrogens is 2. The van der Waals surface area contributed by atoms with Crippen LogP contribution >= 0.6 is 0 Å². The van der Waals surface area contributed by atoms with Crippen LogP contribution < -0.4 is 16.0 Å². The third-order valence-electron chi connectivity index (χ3n) is 9.54. The molecule has 3 fully saturated rings. The number of hydrogen-bond acceptors (Lipinski definition) is 8. The lowest BCUT2D eigenvalue weighted by Crippen LogP contribution is -2.49. The number of imide groups is 1. The smallest absolute Gasteiger partial charge is 0.328 e. The third-order valence-corrected chi connectivity index (χ3v) is 13.4. The average Bonchev–Trinajstić information content (AvgIpc) is 3.36. The fourth-order valence-electron chi connectivity index (χ4n) is 6.91. The molecule has 6 rings (SSSR count). The van der Waals surface area contributed by atoms with Gasteiger partial charge in [-0.25, -0.2) is 13.2 Å². The van der Waals surface area contributed by atoms with E-state index in [0.29, 0.717) is 49.8 Å². The number of rotatable bonds is 8. The monoisotopic (exact) mass is 661 g/mol. The molecule has 243 valence electrons. The minimum atomic E-state index is -3.62. The fraction of sp³-hybridized carbons (Fsp3) is 0.500. The van der Waals surface area contributed by atoms with Crippen molar-refractivity contribution in [3.8, 4) is 6.07 Å². The lowest BCUT2D eigenvalue weighted by atomic mass is 9.89. The van der Waals surface area contributed by atoms with Crippen LogP contribution in [0.15, 0.2) is 41.3 Å². The van der Waals surface area contributed by atoms with Crippen molar-refractivity contribution >= 4 is 47.5 Å². The summed E-state index contributed by atoms with van der Waals surface area (Å²) in [4.78, 5) is 28.3. The minimum Gasteiger partial charge on any atom is -0.328 e. The van der Waals surface area contributed by atoms with Gasteiger partial charge in [0, 0.05) is 44.5 Å². The van der Waals surface area contributed by atoms with Crippen molar-refractivity contribution in [3.63, 3.8) is 0 Å². The second-order valence-electron chi connectivity index (χ2n) is 12.8. The quantitative estimate of drug-likeness (QED) is 0.349. The van der Waals surface area contributed by atoms with E-state index in [1.165, 1.54) is 14.8 Å². The first-order chi connectivity index (χ1) is 22.0. The maximum Gasteiger partial charge on any atom is 0.329 e. The first kappa shape index (κ1) is 32.3. The maximum absolute atomic E-state index is 13.4. The Morgan fingerprint density at radius 2 is 1.78 bits per heavy atom. The van der Waals surface area contributed by atoms with E-state index in [0.717, 1.165) is 54.6 Å². The van der Waals surface area contributed by atoms with Gasteiger partial charge in [-0.1, -0.05) is 12.6 Å². The zero-order valence-corrected chi connectivity index (χ0v) is 28.2. The Labute approximate surface area is 271 Å². The van der Waals surface area contributed by atoms with Crippen LogP contribution in [0.5, 0.6) is 0 Å². The number of amides is 3. The summed E-state index contributed by atoms with van der Waals surface area (Å²) >= 11 is 0. The molecule has 3 aliphatic rings. The second kappa shape index (κ2) is 13.2. The van der Waals surface area contributed by atoms with Crippen molar-refractivity contribution < 1.29 is 18.0 Å². The number of nitrogens with zero attached hydrogens (tertiary/aromatic N) is 6. The first-order valence-corrected chi connectivity index (χ1v) is 19.8. The number of piperidine rings is 2. The van der Waals surface area contributed by atoms with E-state index >= 15 is 0 Å². The molecule has 0 spiro atoms.